The number of hydrogen-bond donors (Lipinski definition) is 1. The third kappa shape index (κ3) is 2.64. The van der Waals surface area contributed by atoms with E-state index in [0.717, 1.165) is 5.56 Å². The van der Waals surface area contributed by atoms with Gasteiger partial charge < -0.3 is 5.73 Å². The standard InChI is InChI=1S/C13H11F4NS/c1-7-5-6-19-12(7)11(18)8-3-2-4-9(10(8)14)13(15,16)17/h2-6,11H,18H2,1H3. The summed E-state index contributed by atoms with van der Waals surface area (Å²) in [5.74, 6) is -1.30. The normalized spacial score (nSPS) is 13.6. The van der Waals surface area contributed by atoms with Crippen LogP contribution >= 0.6 is 11.3 Å². The Morgan fingerprint density at radius 3 is 2.42 bits per heavy atom. The van der Waals surface area contributed by atoms with E-state index in [2.05, 4.69) is 0 Å². The molecule has 19 heavy (non-hydrogen) atoms. The minimum atomic E-state index is -4.72. The van der Waals surface area contributed by atoms with Crippen LogP contribution in [0.3, 0.4) is 0 Å². The van der Waals surface area contributed by atoms with E-state index in [1.807, 2.05) is 0 Å². The first-order chi connectivity index (χ1) is 8.82. The molecule has 1 nitrogen and oxygen atoms in total. The molecular formula is C13H11F4NS. The number of halogens is 4. The summed E-state index contributed by atoms with van der Waals surface area (Å²) < 4.78 is 51.9. The molecule has 0 aliphatic heterocycles. The molecule has 0 aliphatic rings. The summed E-state index contributed by atoms with van der Waals surface area (Å²) in [4.78, 5) is 0.665. The molecule has 2 N–H and O–H groups in total. The van der Waals surface area contributed by atoms with Crippen molar-refractivity contribution in [1.29, 1.82) is 0 Å². The molecule has 0 radical (unpaired) electrons. The monoisotopic (exact) mass is 289 g/mol. The summed E-state index contributed by atoms with van der Waals surface area (Å²) in [5.41, 5.74) is 5.30. The van der Waals surface area contributed by atoms with Crippen LogP contribution in [0.5, 0.6) is 0 Å². The van der Waals surface area contributed by atoms with E-state index in [1.54, 1.807) is 18.4 Å². The SMILES string of the molecule is Cc1ccsc1C(N)c1cccc(C(F)(F)F)c1F. The predicted octanol–water partition coefficient (Wildman–Crippen LogP) is 4.26. The minimum absolute atomic E-state index is 0.139. The Labute approximate surface area is 111 Å². The van der Waals surface area contributed by atoms with Gasteiger partial charge in [0.05, 0.1) is 11.6 Å². The molecule has 2 aromatic rings. The highest BCUT2D eigenvalue weighted by Gasteiger charge is 2.35. The van der Waals surface area contributed by atoms with Gasteiger partial charge in [0.1, 0.15) is 5.82 Å². The van der Waals surface area contributed by atoms with Crippen molar-refractivity contribution in [2.24, 2.45) is 5.73 Å². The van der Waals surface area contributed by atoms with Gasteiger partial charge >= 0.3 is 6.18 Å². The highest BCUT2D eigenvalue weighted by Crippen LogP contribution is 2.36. The first-order valence-corrected chi connectivity index (χ1v) is 6.35. The molecule has 1 heterocycles. The zero-order valence-corrected chi connectivity index (χ0v) is 10.8. The third-order valence-electron chi connectivity index (χ3n) is 2.85. The maximum Gasteiger partial charge on any atom is 0.419 e. The Morgan fingerprint density at radius 1 is 1.21 bits per heavy atom. The summed E-state index contributed by atoms with van der Waals surface area (Å²) in [6.07, 6.45) is -4.72. The van der Waals surface area contributed by atoms with Crippen LogP contribution in [0.4, 0.5) is 17.6 Å². The van der Waals surface area contributed by atoms with Crippen LogP contribution in [0.25, 0.3) is 0 Å². The van der Waals surface area contributed by atoms with Crippen LogP contribution in [0.2, 0.25) is 0 Å². The molecular weight excluding hydrogens is 278 g/mol. The summed E-state index contributed by atoms with van der Waals surface area (Å²) >= 11 is 1.30. The van der Waals surface area contributed by atoms with Crippen LogP contribution in [0, 0.1) is 12.7 Å². The van der Waals surface area contributed by atoms with Crippen LogP contribution in [0.1, 0.15) is 27.6 Å². The van der Waals surface area contributed by atoms with E-state index < -0.39 is 23.6 Å². The van der Waals surface area contributed by atoms with Crippen molar-refractivity contribution in [1.82, 2.24) is 0 Å². The van der Waals surface area contributed by atoms with Gasteiger partial charge in [0, 0.05) is 10.4 Å². The first-order valence-electron chi connectivity index (χ1n) is 5.47. The fourth-order valence-electron chi connectivity index (χ4n) is 1.85. The first kappa shape index (κ1) is 14.0. The molecule has 102 valence electrons. The maximum absolute atomic E-state index is 13.9. The van der Waals surface area contributed by atoms with Crippen molar-refractivity contribution in [3.63, 3.8) is 0 Å². The van der Waals surface area contributed by atoms with Gasteiger partial charge in [-0.15, -0.1) is 11.3 Å². The number of rotatable bonds is 2. The highest BCUT2D eigenvalue weighted by molar-refractivity contribution is 7.10. The van der Waals surface area contributed by atoms with Crippen molar-refractivity contribution in [3.8, 4) is 0 Å². The molecule has 1 aromatic carbocycles. The molecule has 6 heteroatoms. The zero-order chi connectivity index (χ0) is 14.2. The van der Waals surface area contributed by atoms with Gasteiger partial charge in [-0.25, -0.2) is 4.39 Å². The fraction of sp³-hybridized carbons (Fsp3) is 0.231. The molecule has 0 bridgehead atoms. The van der Waals surface area contributed by atoms with Gasteiger partial charge in [0.25, 0.3) is 0 Å². The van der Waals surface area contributed by atoms with Gasteiger partial charge in [0.15, 0.2) is 0 Å². The highest BCUT2D eigenvalue weighted by atomic mass is 32.1. The van der Waals surface area contributed by atoms with Crippen molar-refractivity contribution >= 4 is 11.3 Å². The summed E-state index contributed by atoms with van der Waals surface area (Å²) in [7, 11) is 0. The number of nitrogens with two attached hydrogens (primary N) is 1. The van der Waals surface area contributed by atoms with Crippen molar-refractivity contribution in [3.05, 3.63) is 57.0 Å². The maximum atomic E-state index is 13.9. The summed E-state index contributed by atoms with van der Waals surface area (Å²) in [6.45, 7) is 1.79. The lowest BCUT2D eigenvalue weighted by Gasteiger charge is -2.16. The van der Waals surface area contributed by atoms with Gasteiger partial charge in [-0.05, 0) is 30.0 Å². The van der Waals surface area contributed by atoms with E-state index in [0.29, 0.717) is 10.9 Å². The lowest BCUT2D eigenvalue weighted by Crippen LogP contribution is -2.17. The van der Waals surface area contributed by atoms with Gasteiger partial charge in [-0.1, -0.05) is 12.1 Å². The number of alkyl halides is 3. The quantitative estimate of drug-likeness (QED) is 0.821. The lowest BCUT2D eigenvalue weighted by molar-refractivity contribution is -0.140. The van der Waals surface area contributed by atoms with Crippen LogP contribution in [0.15, 0.2) is 29.6 Å². The summed E-state index contributed by atoms with van der Waals surface area (Å²) in [6, 6.07) is 4.08. The van der Waals surface area contributed by atoms with Crippen LogP contribution in [-0.2, 0) is 6.18 Å². The molecule has 0 amide bonds. The fourth-order valence-corrected chi connectivity index (χ4v) is 2.80. The molecule has 0 spiro atoms. The second-order valence-electron chi connectivity index (χ2n) is 4.15. The van der Waals surface area contributed by atoms with Crippen molar-refractivity contribution in [2.75, 3.05) is 0 Å². The molecule has 0 fully saturated rings. The van der Waals surface area contributed by atoms with E-state index in [1.165, 1.54) is 23.5 Å². The molecule has 0 saturated heterocycles. The number of hydrogen-bond acceptors (Lipinski definition) is 2. The zero-order valence-electron chi connectivity index (χ0n) is 9.96. The van der Waals surface area contributed by atoms with Crippen molar-refractivity contribution in [2.45, 2.75) is 19.1 Å². The second-order valence-corrected chi connectivity index (χ2v) is 5.10. The molecule has 2 rings (SSSR count). The summed E-state index contributed by atoms with van der Waals surface area (Å²) in [5, 5.41) is 1.77. The smallest absolute Gasteiger partial charge is 0.320 e. The van der Waals surface area contributed by atoms with E-state index in [4.69, 9.17) is 5.73 Å². The van der Waals surface area contributed by atoms with E-state index >= 15 is 0 Å². The van der Waals surface area contributed by atoms with Gasteiger partial charge in [-0.3, -0.25) is 0 Å². The Bertz CT molecular complexity index is 589. The predicted molar refractivity (Wildman–Crippen MR) is 66.5 cm³/mol. The van der Waals surface area contributed by atoms with Crippen molar-refractivity contribution < 1.29 is 17.6 Å². The minimum Gasteiger partial charge on any atom is -0.320 e. The number of aryl methyl sites for hydroxylation is 1. The molecule has 1 atom stereocenters. The Balaban J connectivity index is 2.50. The number of benzene rings is 1. The van der Waals surface area contributed by atoms with Crippen LogP contribution in [-0.4, -0.2) is 0 Å². The van der Waals surface area contributed by atoms with Gasteiger partial charge in [-0.2, -0.15) is 13.2 Å². The van der Waals surface area contributed by atoms with E-state index in [9.17, 15) is 17.6 Å². The molecule has 0 aliphatic carbocycles. The Hall–Kier alpha value is -1.40. The third-order valence-corrected chi connectivity index (χ3v) is 3.96. The second kappa shape index (κ2) is 4.94. The molecule has 0 saturated carbocycles. The molecule has 1 unspecified atom stereocenters. The lowest BCUT2D eigenvalue weighted by atomic mass is 10.0. The Kier molecular flexibility index (Phi) is 3.64. The number of thiophene rings is 1. The van der Waals surface area contributed by atoms with Gasteiger partial charge in [0.2, 0.25) is 0 Å². The van der Waals surface area contributed by atoms with E-state index in [-0.39, 0.29) is 5.56 Å². The Morgan fingerprint density at radius 2 is 1.89 bits per heavy atom. The molecule has 1 aromatic heterocycles. The topological polar surface area (TPSA) is 26.0 Å². The average molecular weight is 289 g/mol. The van der Waals surface area contributed by atoms with Crippen LogP contribution < -0.4 is 5.73 Å². The average Bonchev–Trinajstić information content (AvgIpc) is 2.73. The largest absolute Gasteiger partial charge is 0.419 e.